The van der Waals surface area contributed by atoms with Gasteiger partial charge in [-0.3, -0.25) is 4.79 Å². The molecule has 220 valence electrons. The second kappa shape index (κ2) is 14.4. The molecule has 1 amide bonds. The van der Waals surface area contributed by atoms with Crippen LogP contribution in [0.2, 0.25) is 5.02 Å². The fourth-order valence-electron chi connectivity index (χ4n) is 5.78. The Morgan fingerprint density at radius 3 is 2.43 bits per heavy atom. The van der Waals surface area contributed by atoms with Gasteiger partial charge in [0.05, 0.1) is 16.7 Å². The van der Waals surface area contributed by atoms with Gasteiger partial charge in [-0.1, -0.05) is 30.7 Å². The minimum atomic E-state index is -0.188. The van der Waals surface area contributed by atoms with Crippen LogP contribution in [0.25, 0.3) is 0 Å². The smallest absolute Gasteiger partial charge is 0.272 e. The van der Waals surface area contributed by atoms with Gasteiger partial charge >= 0.3 is 0 Å². The predicted octanol–water partition coefficient (Wildman–Crippen LogP) is 6.40. The Hall–Kier alpha value is -3.83. The highest BCUT2D eigenvalue weighted by Gasteiger charge is 2.25. The zero-order chi connectivity index (χ0) is 29.3. The highest BCUT2D eigenvalue weighted by Crippen LogP contribution is 2.28. The summed E-state index contributed by atoms with van der Waals surface area (Å²) in [7, 11) is 0. The van der Waals surface area contributed by atoms with Crippen LogP contribution in [0.15, 0.2) is 54.6 Å². The summed E-state index contributed by atoms with van der Waals surface area (Å²) in [5.41, 5.74) is 3.36. The molecular formula is C33H39ClN6O2. The highest BCUT2D eigenvalue weighted by atomic mass is 35.5. The molecule has 1 saturated heterocycles. The molecular weight excluding hydrogens is 548 g/mol. The molecule has 0 radical (unpaired) electrons. The summed E-state index contributed by atoms with van der Waals surface area (Å²) >= 11 is 6.12. The molecule has 0 bridgehead atoms. The van der Waals surface area contributed by atoms with Crippen molar-refractivity contribution in [3.63, 3.8) is 0 Å². The first-order valence-corrected chi connectivity index (χ1v) is 15.5. The molecule has 2 fully saturated rings. The number of nitriles is 1. The average Bonchev–Trinajstić information content (AvgIpc) is 3.02. The van der Waals surface area contributed by atoms with Crippen LogP contribution in [0.1, 0.15) is 73.5 Å². The van der Waals surface area contributed by atoms with E-state index in [9.17, 15) is 4.79 Å². The van der Waals surface area contributed by atoms with Gasteiger partial charge in [-0.05, 0) is 99.2 Å². The Bertz CT molecular complexity index is 1360. The van der Waals surface area contributed by atoms with Crippen molar-refractivity contribution in [1.29, 1.82) is 5.26 Å². The number of nitrogens with zero attached hydrogens (tertiary/aromatic N) is 4. The maximum absolute atomic E-state index is 12.9. The first kappa shape index (κ1) is 29.7. The van der Waals surface area contributed by atoms with Gasteiger partial charge in [-0.15, -0.1) is 10.2 Å². The molecule has 0 atom stereocenters. The van der Waals surface area contributed by atoms with Crippen molar-refractivity contribution < 1.29 is 9.53 Å². The third-order valence-electron chi connectivity index (χ3n) is 8.25. The largest absolute Gasteiger partial charge is 0.490 e. The first-order chi connectivity index (χ1) is 20.5. The minimum Gasteiger partial charge on any atom is -0.490 e. The molecule has 1 aromatic heterocycles. The molecule has 0 unspecified atom stereocenters. The molecule has 2 aromatic carbocycles. The molecule has 2 aliphatic rings. The van der Waals surface area contributed by atoms with Crippen molar-refractivity contribution in [2.45, 2.75) is 70.4 Å². The molecule has 1 saturated carbocycles. The Morgan fingerprint density at radius 1 is 1.02 bits per heavy atom. The molecule has 2 N–H and O–H groups in total. The fraction of sp³-hybridized carbons (Fsp3) is 0.455. The lowest BCUT2D eigenvalue weighted by Gasteiger charge is -2.32. The molecule has 9 heteroatoms. The van der Waals surface area contributed by atoms with Crippen LogP contribution in [-0.2, 0) is 6.42 Å². The zero-order valence-corrected chi connectivity index (χ0v) is 24.9. The number of aromatic nitrogens is 2. The highest BCUT2D eigenvalue weighted by molar-refractivity contribution is 6.31. The summed E-state index contributed by atoms with van der Waals surface area (Å²) in [4.78, 5) is 15.1. The number of hydrogen-bond acceptors (Lipinski definition) is 7. The fourth-order valence-corrected chi connectivity index (χ4v) is 5.99. The van der Waals surface area contributed by atoms with Crippen LogP contribution in [0, 0.1) is 17.2 Å². The molecule has 1 aliphatic heterocycles. The summed E-state index contributed by atoms with van der Waals surface area (Å²) in [6.45, 7) is 5.07. The monoisotopic (exact) mass is 586 g/mol. The van der Waals surface area contributed by atoms with Crippen LogP contribution in [-0.4, -0.2) is 47.9 Å². The summed E-state index contributed by atoms with van der Waals surface area (Å²) in [6, 6.07) is 19.8. The average molecular weight is 587 g/mol. The Morgan fingerprint density at radius 2 is 1.79 bits per heavy atom. The van der Waals surface area contributed by atoms with Crippen LogP contribution in [0.4, 0.5) is 11.5 Å². The lowest BCUT2D eigenvalue weighted by molar-refractivity contribution is 0.0888. The van der Waals surface area contributed by atoms with Crippen LogP contribution in [0.3, 0.4) is 0 Å². The van der Waals surface area contributed by atoms with Gasteiger partial charge < -0.3 is 20.3 Å². The number of benzene rings is 2. The van der Waals surface area contributed by atoms with Gasteiger partial charge in [-0.25, -0.2) is 0 Å². The van der Waals surface area contributed by atoms with E-state index in [4.69, 9.17) is 21.6 Å². The van der Waals surface area contributed by atoms with Crippen molar-refractivity contribution in [3.8, 4) is 11.8 Å². The van der Waals surface area contributed by atoms with Gasteiger partial charge in [0, 0.05) is 37.4 Å². The normalized spacial score (nSPS) is 19.1. The van der Waals surface area contributed by atoms with E-state index in [1.165, 1.54) is 11.3 Å². The van der Waals surface area contributed by atoms with E-state index in [0.29, 0.717) is 27.9 Å². The number of hydrogen-bond donors (Lipinski definition) is 2. The second-order valence-electron chi connectivity index (χ2n) is 11.4. The number of halogens is 1. The quantitative estimate of drug-likeness (QED) is 0.283. The number of ether oxygens (including phenoxy) is 1. The van der Waals surface area contributed by atoms with Crippen molar-refractivity contribution >= 4 is 29.0 Å². The standard InChI is InChI=1S/C33H39ClN6O2/c1-2-17-36-26-6-3-23(4-7-26)20-24-15-18-40(19-16-24)32-14-13-31(38-39-32)33(41)37-27-8-11-28(12-9-27)42-29-10-5-25(22-35)30(34)21-29/h3-7,10,13-14,21,24,27-28,36H,2,8-9,11-12,15-20H2,1H3,(H,37,41). The van der Waals surface area contributed by atoms with E-state index in [1.807, 2.05) is 6.07 Å². The van der Waals surface area contributed by atoms with Gasteiger partial charge in [0.1, 0.15) is 11.8 Å². The third kappa shape index (κ3) is 7.92. The Labute approximate surface area is 253 Å². The van der Waals surface area contributed by atoms with Gasteiger partial charge in [0.2, 0.25) is 0 Å². The molecule has 3 aromatic rings. The van der Waals surface area contributed by atoms with Gasteiger partial charge in [-0.2, -0.15) is 5.26 Å². The number of piperidine rings is 1. The van der Waals surface area contributed by atoms with Gasteiger partial charge in [0.25, 0.3) is 5.91 Å². The molecule has 0 spiro atoms. The van der Waals surface area contributed by atoms with Gasteiger partial charge in [0.15, 0.2) is 11.5 Å². The van der Waals surface area contributed by atoms with Crippen LogP contribution >= 0.6 is 11.6 Å². The van der Waals surface area contributed by atoms with Crippen molar-refractivity contribution in [1.82, 2.24) is 15.5 Å². The summed E-state index contributed by atoms with van der Waals surface area (Å²) in [6.07, 6.45) is 7.80. The van der Waals surface area contributed by atoms with Crippen LogP contribution < -0.4 is 20.3 Å². The summed E-state index contributed by atoms with van der Waals surface area (Å²) in [5.74, 6) is 1.97. The molecule has 5 rings (SSSR count). The van der Waals surface area contributed by atoms with E-state index >= 15 is 0 Å². The number of nitrogens with one attached hydrogen (secondary N) is 2. The second-order valence-corrected chi connectivity index (χ2v) is 11.8. The Kier molecular flexibility index (Phi) is 10.1. The van der Waals surface area contributed by atoms with E-state index in [0.717, 1.165) is 76.8 Å². The minimum absolute atomic E-state index is 0.0544. The maximum Gasteiger partial charge on any atom is 0.272 e. The van der Waals surface area contributed by atoms with Crippen molar-refractivity contribution in [3.05, 3.63) is 76.4 Å². The number of carbonyl (C=O) groups excluding carboxylic acids is 1. The summed E-state index contributed by atoms with van der Waals surface area (Å²) < 4.78 is 6.06. The first-order valence-electron chi connectivity index (χ1n) is 15.1. The van der Waals surface area contributed by atoms with Crippen molar-refractivity contribution in [2.24, 2.45) is 5.92 Å². The lowest BCUT2D eigenvalue weighted by Crippen LogP contribution is -2.40. The summed E-state index contributed by atoms with van der Waals surface area (Å²) in [5, 5.41) is 24.6. The topological polar surface area (TPSA) is 103 Å². The lowest BCUT2D eigenvalue weighted by atomic mass is 9.90. The predicted molar refractivity (Wildman–Crippen MR) is 166 cm³/mol. The molecule has 42 heavy (non-hydrogen) atoms. The molecule has 1 aliphatic carbocycles. The van der Waals surface area contributed by atoms with E-state index in [2.05, 4.69) is 63.0 Å². The maximum atomic E-state index is 12.9. The number of rotatable bonds is 10. The third-order valence-corrected chi connectivity index (χ3v) is 8.56. The number of carbonyl (C=O) groups is 1. The van der Waals surface area contributed by atoms with E-state index in [-0.39, 0.29) is 18.1 Å². The molecule has 2 heterocycles. The van der Waals surface area contributed by atoms with Crippen LogP contribution in [0.5, 0.6) is 5.75 Å². The molecule has 8 nitrogen and oxygen atoms in total. The van der Waals surface area contributed by atoms with E-state index < -0.39 is 0 Å². The van der Waals surface area contributed by atoms with Crippen molar-refractivity contribution in [2.75, 3.05) is 29.9 Å². The SMILES string of the molecule is CCCNc1ccc(CC2CCN(c3ccc(C(=O)NC4CCC(Oc5ccc(C#N)c(Cl)c5)CC4)nn3)CC2)cc1. The Balaban J connectivity index is 1.03. The van der Waals surface area contributed by atoms with E-state index in [1.54, 1.807) is 24.3 Å². The number of anilines is 2. The zero-order valence-electron chi connectivity index (χ0n) is 24.2. The number of amides is 1.